The maximum Gasteiger partial charge on any atom is 0.237 e. The summed E-state index contributed by atoms with van der Waals surface area (Å²) in [6, 6.07) is 19.8. The van der Waals surface area contributed by atoms with E-state index in [4.69, 9.17) is 0 Å². The molecule has 6 heteroatoms. The molecule has 0 aromatic heterocycles. The number of hydrogen-bond acceptors (Lipinski definition) is 3. The predicted molar refractivity (Wildman–Crippen MR) is 111 cm³/mol. The Balaban J connectivity index is 1.54. The number of nitrogens with zero attached hydrogens (tertiary/aromatic N) is 2. The van der Waals surface area contributed by atoms with Crippen LogP contribution in [0.15, 0.2) is 60.7 Å². The number of benzene rings is 2. The van der Waals surface area contributed by atoms with Gasteiger partial charge in [0.05, 0.1) is 12.8 Å². The van der Waals surface area contributed by atoms with Gasteiger partial charge in [0, 0.05) is 19.6 Å². The van der Waals surface area contributed by atoms with Crippen LogP contribution in [0.25, 0.3) is 0 Å². The molecule has 5 nitrogen and oxygen atoms in total. The second kappa shape index (κ2) is 9.34. The fourth-order valence-corrected chi connectivity index (χ4v) is 4.39. The van der Waals surface area contributed by atoms with Crippen molar-refractivity contribution in [2.24, 2.45) is 5.92 Å². The summed E-state index contributed by atoms with van der Waals surface area (Å²) in [6.45, 7) is 1.51. The van der Waals surface area contributed by atoms with Gasteiger partial charge in [-0.3, -0.25) is 4.79 Å². The summed E-state index contributed by atoms with van der Waals surface area (Å²) in [5.74, 6) is 0.460. The minimum Gasteiger partial charge on any atom is -0.342 e. The highest BCUT2D eigenvalue weighted by Crippen LogP contribution is 2.22. The van der Waals surface area contributed by atoms with Crippen molar-refractivity contribution in [3.8, 4) is 0 Å². The maximum atomic E-state index is 12.7. The van der Waals surface area contributed by atoms with Gasteiger partial charge >= 0.3 is 0 Å². The molecule has 1 heterocycles. The van der Waals surface area contributed by atoms with Crippen LogP contribution >= 0.6 is 0 Å². The first kappa shape index (κ1) is 20.6. The summed E-state index contributed by atoms with van der Waals surface area (Å²) in [4.78, 5) is 14.5. The van der Waals surface area contributed by atoms with Crippen LogP contribution in [0.4, 0.5) is 0 Å². The number of hydrogen-bond donors (Lipinski definition) is 0. The minimum absolute atomic E-state index is 0.100. The van der Waals surface area contributed by atoms with E-state index in [-0.39, 0.29) is 19.0 Å². The van der Waals surface area contributed by atoms with E-state index in [0.29, 0.717) is 19.0 Å². The molecule has 0 unspecified atom stereocenters. The van der Waals surface area contributed by atoms with Gasteiger partial charge in [0.25, 0.3) is 0 Å². The molecule has 1 amide bonds. The lowest BCUT2D eigenvalue weighted by Gasteiger charge is -2.33. The van der Waals surface area contributed by atoms with Crippen molar-refractivity contribution in [2.45, 2.75) is 25.8 Å². The van der Waals surface area contributed by atoms with Crippen molar-refractivity contribution in [2.75, 3.05) is 25.9 Å². The monoisotopic (exact) mass is 400 g/mol. The van der Waals surface area contributed by atoms with Gasteiger partial charge in [-0.15, -0.1) is 0 Å². The molecule has 1 aliphatic rings. The smallest absolute Gasteiger partial charge is 0.237 e. The van der Waals surface area contributed by atoms with Gasteiger partial charge in [-0.2, -0.15) is 4.31 Å². The largest absolute Gasteiger partial charge is 0.342 e. The summed E-state index contributed by atoms with van der Waals surface area (Å²) in [6.07, 6.45) is 4.11. The first-order valence-corrected chi connectivity index (χ1v) is 11.6. The first-order chi connectivity index (χ1) is 13.4. The maximum absolute atomic E-state index is 12.7. The Morgan fingerprint density at radius 2 is 1.50 bits per heavy atom. The molecular formula is C22H28N2O3S. The zero-order valence-electron chi connectivity index (χ0n) is 16.3. The molecule has 0 radical (unpaired) electrons. The number of carbonyl (C=O) groups excluding carboxylic acids is 1. The molecule has 150 valence electrons. The van der Waals surface area contributed by atoms with Crippen LogP contribution in [0.3, 0.4) is 0 Å². The van der Waals surface area contributed by atoms with E-state index in [1.165, 1.54) is 9.87 Å². The van der Waals surface area contributed by atoms with Crippen LogP contribution < -0.4 is 0 Å². The van der Waals surface area contributed by atoms with Gasteiger partial charge in [-0.1, -0.05) is 60.7 Å². The fraction of sp³-hybridized carbons (Fsp3) is 0.409. The zero-order valence-corrected chi connectivity index (χ0v) is 17.1. The van der Waals surface area contributed by atoms with Gasteiger partial charge in [0.2, 0.25) is 15.9 Å². The molecule has 0 bridgehead atoms. The third-order valence-corrected chi connectivity index (χ3v) is 6.51. The van der Waals surface area contributed by atoms with E-state index in [9.17, 15) is 13.2 Å². The second-order valence-electron chi connectivity index (χ2n) is 7.53. The summed E-state index contributed by atoms with van der Waals surface area (Å²) in [5.41, 5.74) is 2.21. The van der Waals surface area contributed by atoms with Gasteiger partial charge in [-0.25, -0.2) is 8.42 Å². The third-order valence-electron chi connectivity index (χ3n) is 5.32. The molecule has 0 atom stereocenters. The molecule has 3 rings (SSSR count). The minimum atomic E-state index is -3.46. The summed E-state index contributed by atoms with van der Waals surface area (Å²) >= 11 is 0. The molecule has 1 fully saturated rings. The molecule has 2 aromatic carbocycles. The molecule has 2 aromatic rings. The topological polar surface area (TPSA) is 57.7 Å². The number of amides is 1. The predicted octanol–water partition coefficient (Wildman–Crippen LogP) is 2.93. The molecule has 0 N–H and O–H groups in total. The van der Waals surface area contributed by atoms with Gasteiger partial charge < -0.3 is 4.90 Å². The number of sulfonamides is 1. The molecule has 1 saturated heterocycles. The Kier molecular flexibility index (Phi) is 6.86. The van der Waals surface area contributed by atoms with Gasteiger partial charge in [0.1, 0.15) is 0 Å². The lowest BCUT2D eigenvalue weighted by molar-refractivity contribution is -0.132. The second-order valence-corrected chi connectivity index (χ2v) is 9.51. The van der Waals surface area contributed by atoms with E-state index < -0.39 is 10.0 Å². The standard InChI is InChI=1S/C22H28N2O3S/c1-28(26,27)24(17-21-10-6-3-7-11-21)18-22(25)23-14-12-20(13-15-23)16-19-8-4-2-5-9-19/h2-11,20H,12-18H2,1H3. The van der Waals surface area contributed by atoms with Gasteiger partial charge in [0.15, 0.2) is 0 Å². The van der Waals surface area contributed by atoms with Crippen molar-refractivity contribution < 1.29 is 13.2 Å². The zero-order chi connectivity index (χ0) is 20.0. The molecule has 0 spiro atoms. The Hall–Kier alpha value is -2.18. The van der Waals surface area contributed by atoms with E-state index in [0.717, 1.165) is 31.1 Å². The van der Waals surface area contributed by atoms with Crippen LogP contribution in [-0.2, 0) is 27.8 Å². The van der Waals surface area contributed by atoms with Crippen LogP contribution in [0.2, 0.25) is 0 Å². The van der Waals surface area contributed by atoms with Crippen molar-refractivity contribution in [3.05, 3.63) is 71.8 Å². The van der Waals surface area contributed by atoms with Crippen molar-refractivity contribution in [3.63, 3.8) is 0 Å². The summed E-state index contributed by atoms with van der Waals surface area (Å²) in [5, 5.41) is 0. The van der Waals surface area contributed by atoms with Crippen LogP contribution in [0.5, 0.6) is 0 Å². The van der Waals surface area contributed by atoms with E-state index in [2.05, 4.69) is 24.3 Å². The van der Waals surface area contributed by atoms with E-state index in [1.807, 2.05) is 41.3 Å². The fourth-order valence-electron chi connectivity index (χ4n) is 3.66. The summed E-state index contributed by atoms with van der Waals surface area (Å²) < 4.78 is 25.6. The quantitative estimate of drug-likeness (QED) is 0.718. The van der Waals surface area contributed by atoms with Crippen LogP contribution in [-0.4, -0.2) is 49.4 Å². The Morgan fingerprint density at radius 3 is 2.04 bits per heavy atom. The highest BCUT2D eigenvalue weighted by atomic mass is 32.2. The average Bonchev–Trinajstić information content (AvgIpc) is 2.69. The van der Waals surface area contributed by atoms with Crippen LogP contribution in [0.1, 0.15) is 24.0 Å². The number of likely N-dealkylation sites (tertiary alicyclic amines) is 1. The Bertz CT molecular complexity index is 861. The SMILES string of the molecule is CS(=O)(=O)N(CC(=O)N1CCC(Cc2ccccc2)CC1)Cc1ccccc1. The van der Waals surface area contributed by atoms with Crippen LogP contribution in [0, 0.1) is 5.92 Å². The van der Waals surface area contributed by atoms with E-state index >= 15 is 0 Å². The molecule has 0 saturated carbocycles. The van der Waals surface area contributed by atoms with Crippen molar-refractivity contribution in [1.29, 1.82) is 0 Å². The lowest BCUT2D eigenvalue weighted by Crippen LogP contribution is -2.45. The highest BCUT2D eigenvalue weighted by molar-refractivity contribution is 7.88. The number of piperidine rings is 1. The summed E-state index contributed by atoms with van der Waals surface area (Å²) in [7, 11) is -3.46. The Morgan fingerprint density at radius 1 is 0.964 bits per heavy atom. The third kappa shape index (κ3) is 5.91. The first-order valence-electron chi connectivity index (χ1n) is 9.72. The van der Waals surface area contributed by atoms with Crippen molar-refractivity contribution in [1.82, 2.24) is 9.21 Å². The molecular weight excluding hydrogens is 372 g/mol. The normalized spacial score (nSPS) is 15.7. The molecule has 0 aliphatic carbocycles. The molecule has 1 aliphatic heterocycles. The highest BCUT2D eigenvalue weighted by Gasteiger charge is 2.27. The van der Waals surface area contributed by atoms with Gasteiger partial charge in [-0.05, 0) is 36.3 Å². The average molecular weight is 401 g/mol. The number of carbonyl (C=O) groups is 1. The Labute approximate surface area is 168 Å². The lowest BCUT2D eigenvalue weighted by atomic mass is 9.90. The molecule has 28 heavy (non-hydrogen) atoms. The van der Waals surface area contributed by atoms with Crippen molar-refractivity contribution >= 4 is 15.9 Å². The van der Waals surface area contributed by atoms with E-state index in [1.54, 1.807) is 0 Å². The number of rotatable bonds is 7.